The number of aliphatic hydroxyl groups is 2. The number of amides is 8. The molecule has 0 aromatic heterocycles. The van der Waals surface area contributed by atoms with E-state index in [1.165, 1.54) is 21.3 Å². The van der Waals surface area contributed by atoms with Crippen molar-refractivity contribution in [2.24, 2.45) is 0 Å². The zero-order valence-electron chi connectivity index (χ0n) is 71.4. The number of carbonyl (C=O) groups is 10. The molecule has 1 aromatic rings. The first-order chi connectivity index (χ1) is 65.7. The quantitative estimate of drug-likeness (QED) is 0.0768. The van der Waals surface area contributed by atoms with Crippen molar-refractivity contribution in [3.05, 3.63) is 127 Å². The minimum absolute atomic E-state index is 0.00417. The Morgan fingerprint density at radius 3 is 1.01 bits per heavy atom. The monoisotopic (exact) mass is 2300 g/mol. The zero-order chi connectivity index (χ0) is 118. The molecule has 850 valence electrons. The second-order valence-corrected chi connectivity index (χ2v) is 31.9. The number of benzene rings is 1. The summed E-state index contributed by atoms with van der Waals surface area (Å²) in [6.07, 6.45) is -94.9. The van der Waals surface area contributed by atoms with Gasteiger partial charge in [0.2, 0.25) is 41.8 Å². The SMILES string of the molecule is C=C1COC(C(=O)O)(C(F)(F)F)NC1=O.C=C1COC(C(F)(F)C(F)(F)C(F)(F)F)NC1=O.C=C1COC(C(F)(F)C(F)(F)F)NC1=O.C=C1COC(C(F)(F)F)(C(F)(F)F)N(c2ccc(C(C)(O)C(F)(F)F)cc2)C1=O.C=C1COC(C(F)(F)F)NC1=O.C=C1COC(CC(=O)C(F)(F)F)(C(F)(F)F)NC1=O.C=C1COC(CC(O)(C(F)(F)F)C(F)(F)F)(C(F)(F)F)NC1=O.C=C1CS(=O)(=O)C(C(F)(F)F)(C(F)(F)F)NC1=O. The largest absolute Gasteiger partial charge is 0.477 e. The first kappa shape index (κ1) is 133. The van der Waals surface area contributed by atoms with Gasteiger partial charge in [0.05, 0.1) is 64.8 Å². The molecule has 0 aliphatic carbocycles. The minimum Gasteiger partial charge on any atom is -0.477 e. The highest BCUT2D eigenvalue weighted by Crippen LogP contribution is 2.57. The van der Waals surface area contributed by atoms with Crippen molar-refractivity contribution in [2.45, 2.75) is 182 Å². The molecule has 1 aromatic carbocycles. The Kier molecular flexibility index (Phi) is 39.3. The molecule has 8 aliphatic rings. The topological polar surface area (TPSA) is 418 Å². The summed E-state index contributed by atoms with van der Waals surface area (Å²) in [6, 6.07) is 1.71. The van der Waals surface area contributed by atoms with Crippen LogP contribution in [0.3, 0.4) is 0 Å². The highest BCUT2D eigenvalue weighted by atomic mass is 32.2. The number of anilines is 1. The number of rotatable bonds is 10. The maximum absolute atomic E-state index is 13.5. The lowest BCUT2D eigenvalue weighted by molar-refractivity contribution is -0.396. The number of hydrogen-bond acceptors (Lipinski definition) is 21. The maximum Gasteiger partial charge on any atom is 0.460 e. The van der Waals surface area contributed by atoms with Crippen LogP contribution in [0.2, 0.25) is 0 Å². The number of halogens is 48. The minimum atomic E-state index is -6.51. The average molecular weight is 2310 g/mol. The molecular weight excluding hydrogens is 2250 g/mol. The van der Waals surface area contributed by atoms with Crippen LogP contribution in [-0.2, 0) is 96.5 Å². The first-order valence-corrected chi connectivity index (χ1v) is 38.4. The molecule has 0 spiro atoms. The maximum atomic E-state index is 13.5. The van der Waals surface area contributed by atoms with Crippen LogP contribution in [0.5, 0.6) is 0 Å². The molecule has 8 amide bonds. The first-order valence-electron chi connectivity index (χ1n) is 36.7. The molecule has 7 unspecified atom stereocenters. The summed E-state index contributed by atoms with van der Waals surface area (Å²) in [6.45, 7) is 18.4. The van der Waals surface area contributed by atoms with Gasteiger partial charge in [-0.3, -0.25) is 48.1 Å². The van der Waals surface area contributed by atoms with Crippen molar-refractivity contribution in [1.29, 1.82) is 0 Å². The smallest absolute Gasteiger partial charge is 0.460 e. The zero-order valence-corrected chi connectivity index (χ0v) is 72.2. The standard InChI is InChI=1S/C16H12F9NO3.C10H8F9NO3.C9H7F6NO3.C8H6F7NO2.C7H5F6NO3S.C7H6F5NO2.C7H6F3NO4.C6H6F3NO2/c1-8-7-29-13(15(20,21)22,16(23,24)25)26(11(8)27)10-5-3-9(4-6-10)12(2,28)14(17,18)19;1-4-2-23-7(10(17,18)19,20-5(4)21)3-6(22,8(11,12)13)9(14,15)16;1-4-3-19-7(9(13,14)15,16-6(4)18)2-5(17)8(10,11)12;1-3-2-18-5(16-4(3)17)6(9,10)7(11,12)8(13,14)15;1-3-2-18(16,17)5(6(8,9)10,7(11,12)13)14-4(3)15;1-3-2-15-5(13-4(3)14)6(8,9)7(10,11)12;1-3-2-15-6(5(13)14,7(8,9)10)11-4(3)12;1-3-2-12-5(6(7,8)9)10-4(3)11/h3-6,28H,1,7H2,2H3;22H,1-3H2,(H,20,21);1-3H2,(H,16,18);5H,1-2H2,(H,16,17);1-2H2,(H,14,15);5H,1-2H2,(H,13,14);1-2H2,(H,11,12)(H,13,14);5H,1-2H2,(H,10,11). The van der Waals surface area contributed by atoms with Crippen molar-refractivity contribution < 1.29 is 316 Å². The van der Waals surface area contributed by atoms with Crippen LogP contribution in [-0.4, -0.2) is 291 Å². The third-order valence-electron chi connectivity index (χ3n) is 18.8. The Labute approximate surface area is 791 Å². The van der Waals surface area contributed by atoms with E-state index in [4.69, 9.17) is 10.2 Å². The number of Topliss-reactive ketones (excluding diaryl/α,β-unsaturated/α-hetero) is 1. The van der Waals surface area contributed by atoms with Gasteiger partial charge in [-0.15, -0.1) is 0 Å². The number of carboxylic acids is 1. The second kappa shape index (κ2) is 43.9. The van der Waals surface area contributed by atoms with Crippen LogP contribution in [0.15, 0.2) is 121 Å². The van der Waals surface area contributed by atoms with E-state index in [0.29, 0.717) is 36.5 Å². The van der Waals surface area contributed by atoms with Gasteiger partial charge >= 0.3 is 127 Å². The summed E-state index contributed by atoms with van der Waals surface area (Å²) in [5.74, 6) is -34.7. The van der Waals surface area contributed by atoms with Gasteiger partial charge in [0.1, 0.15) is 0 Å². The molecule has 0 bridgehead atoms. The number of alkyl halides is 48. The number of sulfone groups is 1. The second-order valence-electron chi connectivity index (χ2n) is 29.7. The van der Waals surface area contributed by atoms with Crippen LogP contribution in [0, 0.1) is 0 Å². The van der Waals surface area contributed by atoms with Crippen LogP contribution < -0.4 is 42.1 Å². The van der Waals surface area contributed by atoms with Gasteiger partial charge in [-0.05, 0) is 24.6 Å². The molecule has 30 nitrogen and oxygen atoms in total. The lowest BCUT2D eigenvalue weighted by Crippen LogP contribution is -2.74. The summed E-state index contributed by atoms with van der Waals surface area (Å²) in [4.78, 5) is 104. The number of aliphatic carboxylic acids is 1. The average Bonchev–Trinajstić information content (AvgIpc) is 0.705. The Balaban J connectivity index is 0.000000582. The van der Waals surface area contributed by atoms with Crippen LogP contribution in [0.4, 0.5) is 216 Å². The van der Waals surface area contributed by atoms with E-state index in [1.54, 1.807) is 5.32 Å². The summed E-state index contributed by atoms with van der Waals surface area (Å²) >= 11 is 0. The Hall–Kier alpha value is -11.7. The number of ether oxygens (including phenoxy) is 7. The molecule has 8 heterocycles. The Morgan fingerprint density at radius 2 is 0.705 bits per heavy atom. The number of nitrogens with one attached hydrogen (secondary N) is 7. The molecule has 0 saturated carbocycles. The number of carboxylic acid groups (broad SMARTS) is 1. The van der Waals surface area contributed by atoms with E-state index in [1.807, 2.05) is 0 Å². The Bertz CT molecular complexity index is 5350. The molecule has 8 aliphatic heterocycles. The van der Waals surface area contributed by atoms with Crippen molar-refractivity contribution in [3.8, 4) is 0 Å². The van der Waals surface area contributed by atoms with E-state index < -0.39 is 322 Å². The van der Waals surface area contributed by atoms with Crippen LogP contribution in [0.25, 0.3) is 0 Å². The molecule has 79 heteroatoms. The van der Waals surface area contributed by atoms with E-state index >= 15 is 0 Å². The lowest BCUT2D eigenvalue weighted by atomic mass is 9.89. The third-order valence-corrected chi connectivity index (χ3v) is 21.0. The van der Waals surface area contributed by atoms with E-state index in [2.05, 4.69) is 85.8 Å². The van der Waals surface area contributed by atoms with Gasteiger partial charge in [0.15, 0.2) is 15.4 Å². The molecule has 10 N–H and O–H groups in total. The highest BCUT2D eigenvalue weighted by Gasteiger charge is 2.83. The molecule has 0 radical (unpaired) electrons. The number of ketones is 1. The van der Waals surface area contributed by atoms with Crippen molar-refractivity contribution in [1.82, 2.24) is 37.2 Å². The number of hydrogen-bond donors (Lipinski definition) is 10. The fourth-order valence-electron chi connectivity index (χ4n) is 10.4. The van der Waals surface area contributed by atoms with Crippen molar-refractivity contribution in [2.75, 3.05) is 56.9 Å². The van der Waals surface area contributed by atoms with Gasteiger partial charge in [-0.1, -0.05) is 64.8 Å². The highest BCUT2D eigenvalue weighted by molar-refractivity contribution is 7.93. The normalized spacial score (nSPS) is 23.9. The van der Waals surface area contributed by atoms with Crippen molar-refractivity contribution in [3.63, 3.8) is 0 Å². The summed E-state index contributed by atoms with van der Waals surface area (Å²) < 4.78 is 655. The summed E-state index contributed by atoms with van der Waals surface area (Å²) in [5, 5.41) is 34.9. The number of nitrogens with zero attached hydrogens (tertiary/aromatic N) is 1. The summed E-state index contributed by atoms with van der Waals surface area (Å²) in [5.41, 5.74) is -31.5. The predicted molar refractivity (Wildman–Crippen MR) is 381 cm³/mol. The fraction of sp³-hybridized carbons (Fsp3) is 0.543. The molecule has 8 fully saturated rings. The molecule has 8 saturated heterocycles. The van der Waals surface area contributed by atoms with E-state index in [9.17, 15) is 272 Å². The van der Waals surface area contributed by atoms with Gasteiger partial charge in [-0.25, -0.2) is 13.2 Å². The van der Waals surface area contributed by atoms with Gasteiger partial charge < -0.3 is 85.7 Å². The van der Waals surface area contributed by atoms with E-state index in [-0.39, 0.29) is 34.5 Å². The predicted octanol–water partition coefficient (Wildman–Crippen LogP) is 12.4. The number of carbonyl (C=O) groups excluding carboxylic acids is 9. The molecule has 149 heavy (non-hydrogen) atoms. The van der Waals surface area contributed by atoms with Gasteiger partial charge in [-0.2, -0.15) is 211 Å². The summed E-state index contributed by atoms with van der Waals surface area (Å²) in [7, 11) is -5.76. The molecule has 9 rings (SSSR count). The van der Waals surface area contributed by atoms with Gasteiger partial charge in [0.25, 0.3) is 47.0 Å². The fourth-order valence-corrected chi connectivity index (χ4v) is 12.2. The molecule has 7 atom stereocenters. The lowest BCUT2D eigenvalue weighted by Gasteiger charge is -2.47. The third kappa shape index (κ3) is 28.6. The van der Waals surface area contributed by atoms with Crippen LogP contribution in [0.1, 0.15) is 25.3 Å². The van der Waals surface area contributed by atoms with Crippen molar-refractivity contribution >= 4 is 74.5 Å². The van der Waals surface area contributed by atoms with Crippen LogP contribution >= 0.6 is 0 Å². The van der Waals surface area contributed by atoms with E-state index in [0.717, 1.165) is 5.32 Å². The van der Waals surface area contributed by atoms with Gasteiger partial charge in [0, 0.05) is 50.3 Å². The Morgan fingerprint density at radius 1 is 0.376 bits per heavy atom. The molecular formula is C70H56F48N8O22S.